The molecule has 0 aliphatic rings. The molecule has 0 fully saturated rings. The fourth-order valence-corrected chi connectivity index (χ4v) is 4.03. The van der Waals surface area contributed by atoms with E-state index in [1.807, 2.05) is 60.9 Å². The molecule has 0 aliphatic carbocycles. The number of nitriles is 1. The molecule has 1 aromatic heterocycles. The van der Waals surface area contributed by atoms with Crippen molar-refractivity contribution >= 4 is 17.7 Å². The Balaban J connectivity index is 1.84. The topological polar surface area (TPSA) is 92.8 Å². The number of methoxy groups -OCH3 is 1. The molecule has 3 rings (SSSR count). The van der Waals surface area contributed by atoms with Gasteiger partial charge in [-0.15, -0.1) is 10.2 Å². The lowest BCUT2D eigenvalue weighted by atomic mass is 9.90. The first-order valence-corrected chi connectivity index (χ1v) is 11.8. The van der Waals surface area contributed by atoms with Crippen LogP contribution in [0.15, 0.2) is 59.8 Å². The van der Waals surface area contributed by atoms with E-state index in [4.69, 9.17) is 4.74 Å². The average molecular weight is 464 g/mol. The van der Waals surface area contributed by atoms with Crippen molar-refractivity contribution in [2.45, 2.75) is 44.4 Å². The third-order valence-electron chi connectivity index (χ3n) is 5.65. The molecular formula is C25H29N5O2S. The summed E-state index contributed by atoms with van der Waals surface area (Å²) in [4.78, 5) is 12.6. The molecule has 172 valence electrons. The Hall–Kier alpha value is -3.31. The molecule has 0 bridgehead atoms. The number of carbonyl (C=O) groups excluding carboxylic acids is 1. The summed E-state index contributed by atoms with van der Waals surface area (Å²) in [7, 11) is 1.63. The van der Waals surface area contributed by atoms with Gasteiger partial charge in [-0.25, -0.2) is 0 Å². The number of hydrogen-bond acceptors (Lipinski definition) is 6. The standard InChI is InChI=1S/C25H29N5O2S/c1-18(2)25(3,17-26)27-22(31)16-33-24-29-28-23(20-12-8-9-13-21(20)32-4)30(24)15-14-19-10-6-5-7-11-19/h5-13,18H,14-16H2,1-4H3,(H,27,31). The Labute approximate surface area is 199 Å². The van der Waals surface area contributed by atoms with E-state index in [2.05, 4.69) is 33.7 Å². The van der Waals surface area contributed by atoms with Gasteiger partial charge in [0.05, 0.1) is 24.5 Å². The average Bonchev–Trinajstić information content (AvgIpc) is 3.24. The van der Waals surface area contributed by atoms with Crippen LogP contribution in [0.1, 0.15) is 26.3 Å². The molecule has 33 heavy (non-hydrogen) atoms. The number of aromatic nitrogens is 3. The number of ether oxygens (including phenoxy) is 1. The molecule has 0 radical (unpaired) electrons. The van der Waals surface area contributed by atoms with Crippen molar-refractivity contribution in [3.05, 3.63) is 60.2 Å². The second-order valence-electron chi connectivity index (χ2n) is 8.20. The maximum absolute atomic E-state index is 12.6. The minimum absolute atomic E-state index is 0.0110. The molecule has 1 unspecified atom stereocenters. The van der Waals surface area contributed by atoms with Crippen LogP contribution in [0, 0.1) is 17.2 Å². The molecule has 0 saturated carbocycles. The first kappa shape index (κ1) is 24.3. The van der Waals surface area contributed by atoms with E-state index in [1.54, 1.807) is 14.0 Å². The number of amides is 1. The molecular weight excluding hydrogens is 434 g/mol. The van der Waals surface area contributed by atoms with Crippen LogP contribution in [0.2, 0.25) is 0 Å². The van der Waals surface area contributed by atoms with E-state index >= 15 is 0 Å². The number of rotatable bonds is 10. The number of nitrogens with zero attached hydrogens (tertiary/aromatic N) is 4. The third-order valence-corrected chi connectivity index (χ3v) is 6.62. The van der Waals surface area contributed by atoms with E-state index in [-0.39, 0.29) is 17.6 Å². The Bertz CT molecular complexity index is 1120. The first-order valence-electron chi connectivity index (χ1n) is 10.8. The Morgan fingerprint density at radius 2 is 1.88 bits per heavy atom. The van der Waals surface area contributed by atoms with E-state index in [0.29, 0.717) is 23.3 Å². The van der Waals surface area contributed by atoms with Crippen LogP contribution in [-0.2, 0) is 17.8 Å². The first-order chi connectivity index (χ1) is 15.9. The number of hydrogen-bond donors (Lipinski definition) is 1. The van der Waals surface area contributed by atoms with Gasteiger partial charge in [-0.2, -0.15) is 5.26 Å². The van der Waals surface area contributed by atoms with Gasteiger partial charge >= 0.3 is 0 Å². The molecule has 0 saturated heterocycles. The van der Waals surface area contributed by atoms with Crippen molar-refractivity contribution in [2.24, 2.45) is 5.92 Å². The van der Waals surface area contributed by atoms with Crippen LogP contribution in [0.4, 0.5) is 0 Å². The predicted octanol–water partition coefficient (Wildman–Crippen LogP) is 4.34. The summed E-state index contributed by atoms with van der Waals surface area (Å²) in [6.07, 6.45) is 0.792. The number of para-hydroxylation sites is 1. The highest BCUT2D eigenvalue weighted by atomic mass is 32.2. The van der Waals surface area contributed by atoms with Crippen LogP contribution >= 0.6 is 11.8 Å². The van der Waals surface area contributed by atoms with Gasteiger partial charge in [-0.1, -0.05) is 68.1 Å². The lowest BCUT2D eigenvalue weighted by molar-refractivity contribution is -0.120. The molecule has 8 heteroatoms. The lowest BCUT2D eigenvalue weighted by Gasteiger charge is -2.27. The number of thioether (sulfide) groups is 1. The SMILES string of the molecule is COc1ccccc1-c1nnc(SCC(=O)NC(C)(C#N)C(C)C)n1CCc1ccccc1. The third kappa shape index (κ3) is 5.93. The van der Waals surface area contributed by atoms with E-state index in [9.17, 15) is 10.1 Å². The second kappa shape index (κ2) is 11.0. The Kier molecular flexibility index (Phi) is 8.12. The zero-order valence-corrected chi connectivity index (χ0v) is 20.2. The maximum Gasteiger partial charge on any atom is 0.231 e. The molecule has 1 amide bonds. The molecule has 1 N–H and O–H groups in total. The number of benzene rings is 2. The van der Waals surface area contributed by atoms with Crippen molar-refractivity contribution in [3.8, 4) is 23.2 Å². The van der Waals surface area contributed by atoms with Gasteiger partial charge in [-0.3, -0.25) is 4.79 Å². The number of carbonyl (C=O) groups is 1. The Morgan fingerprint density at radius 3 is 2.55 bits per heavy atom. The van der Waals surface area contributed by atoms with E-state index in [1.165, 1.54) is 17.3 Å². The minimum Gasteiger partial charge on any atom is -0.496 e. The van der Waals surface area contributed by atoms with Crippen LogP contribution < -0.4 is 10.1 Å². The van der Waals surface area contributed by atoms with Gasteiger partial charge in [0.15, 0.2) is 11.0 Å². The molecule has 1 heterocycles. The number of aryl methyl sites for hydroxylation is 1. The predicted molar refractivity (Wildman–Crippen MR) is 130 cm³/mol. The smallest absolute Gasteiger partial charge is 0.231 e. The molecule has 0 spiro atoms. The van der Waals surface area contributed by atoms with Gasteiger partial charge in [0, 0.05) is 6.54 Å². The van der Waals surface area contributed by atoms with Crippen LogP contribution in [0.5, 0.6) is 5.75 Å². The number of nitrogens with one attached hydrogen (secondary N) is 1. The zero-order chi connectivity index (χ0) is 23.8. The van der Waals surface area contributed by atoms with E-state index < -0.39 is 5.54 Å². The molecule has 0 aliphatic heterocycles. The molecule has 3 aromatic rings. The summed E-state index contributed by atoms with van der Waals surface area (Å²) >= 11 is 1.31. The van der Waals surface area contributed by atoms with Crippen molar-refractivity contribution < 1.29 is 9.53 Å². The van der Waals surface area contributed by atoms with Gasteiger partial charge in [0.2, 0.25) is 5.91 Å². The summed E-state index contributed by atoms with van der Waals surface area (Å²) in [5.41, 5.74) is 1.13. The second-order valence-corrected chi connectivity index (χ2v) is 9.14. The maximum atomic E-state index is 12.6. The van der Waals surface area contributed by atoms with Crippen molar-refractivity contribution in [3.63, 3.8) is 0 Å². The summed E-state index contributed by atoms with van der Waals surface area (Å²) in [6, 6.07) is 20.1. The van der Waals surface area contributed by atoms with Crippen molar-refractivity contribution in [1.82, 2.24) is 20.1 Å². The Morgan fingerprint density at radius 1 is 1.18 bits per heavy atom. The highest BCUT2D eigenvalue weighted by Gasteiger charge is 2.30. The van der Waals surface area contributed by atoms with Gasteiger partial charge in [0.25, 0.3) is 0 Å². The van der Waals surface area contributed by atoms with Gasteiger partial charge in [-0.05, 0) is 37.0 Å². The monoisotopic (exact) mass is 463 g/mol. The zero-order valence-electron chi connectivity index (χ0n) is 19.4. The highest BCUT2D eigenvalue weighted by molar-refractivity contribution is 7.99. The van der Waals surface area contributed by atoms with Crippen molar-refractivity contribution in [2.75, 3.05) is 12.9 Å². The fourth-order valence-electron chi connectivity index (χ4n) is 3.27. The summed E-state index contributed by atoms with van der Waals surface area (Å²) in [5, 5.41) is 21.8. The summed E-state index contributed by atoms with van der Waals surface area (Å²) < 4.78 is 7.55. The highest BCUT2D eigenvalue weighted by Crippen LogP contribution is 2.31. The summed E-state index contributed by atoms with van der Waals surface area (Å²) in [5.74, 6) is 1.31. The van der Waals surface area contributed by atoms with Crippen LogP contribution in [-0.4, -0.2) is 39.1 Å². The van der Waals surface area contributed by atoms with Crippen molar-refractivity contribution in [1.29, 1.82) is 5.26 Å². The van der Waals surface area contributed by atoms with Crippen LogP contribution in [0.3, 0.4) is 0 Å². The van der Waals surface area contributed by atoms with Crippen LogP contribution in [0.25, 0.3) is 11.4 Å². The quantitative estimate of drug-likeness (QED) is 0.450. The fraction of sp³-hybridized carbons (Fsp3) is 0.360. The molecule has 7 nitrogen and oxygen atoms in total. The largest absolute Gasteiger partial charge is 0.496 e. The van der Waals surface area contributed by atoms with Gasteiger partial charge < -0.3 is 14.6 Å². The van der Waals surface area contributed by atoms with Gasteiger partial charge in [0.1, 0.15) is 11.3 Å². The molecule has 1 atom stereocenters. The van der Waals surface area contributed by atoms with E-state index in [0.717, 1.165) is 12.0 Å². The normalized spacial score (nSPS) is 12.7. The summed E-state index contributed by atoms with van der Waals surface area (Å²) in [6.45, 7) is 6.21. The lowest BCUT2D eigenvalue weighted by Crippen LogP contribution is -2.49. The minimum atomic E-state index is -0.915. The molecule has 2 aromatic carbocycles.